The minimum atomic E-state index is -0.341. The summed E-state index contributed by atoms with van der Waals surface area (Å²) in [5.74, 6) is 2.11. The van der Waals surface area contributed by atoms with Crippen molar-refractivity contribution in [1.29, 1.82) is 0 Å². The number of hydrogen-bond donors (Lipinski definition) is 3. The number of carbonyl (C=O) groups excluding carboxylic acids is 1. The van der Waals surface area contributed by atoms with E-state index in [1.165, 1.54) is 11.2 Å². The number of nitrogens with two attached hydrogens (primary N) is 1. The highest BCUT2D eigenvalue weighted by Gasteiger charge is 2.20. The van der Waals surface area contributed by atoms with Gasteiger partial charge in [-0.1, -0.05) is 29.8 Å². The minimum absolute atomic E-state index is 0.341. The van der Waals surface area contributed by atoms with Gasteiger partial charge in [0.05, 0.1) is 25.6 Å². The Labute approximate surface area is 209 Å². The van der Waals surface area contributed by atoms with Gasteiger partial charge in [0.1, 0.15) is 29.5 Å². The summed E-state index contributed by atoms with van der Waals surface area (Å²) in [4.78, 5) is 23.5. The molecule has 0 radical (unpaired) electrons. The van der Waals surface area contributed by atoms with Crippen LogP contribution in [0.15, 0.2) is 79.1 Å². The fourth-order valence-corrected chi connectivity index (χ4v) is 3.52. The summed E-state index contributed by atoms with van der Waals surface area (Å²) in [7, 11) is 3.17. The fourth-order valence-electron chi connectivity index (χ4n) is 3.52. The molecule has 3 aromatic carbocycles. The normalized spacial score (nSPS) is 10.4. The quantitative estimate of drug-likeness (QED) is 0.295. The first-order valence-electron chi connectivity index (χ1n) is 11.3. The van der Waals surface area contributed by atoms with Gasteiger partial charge in [-0.3, -0.25) is 0 Å². The third kappa shape index (κ3) is 5.82. The third-order valence-corrected chi connectivity index (χ3v) is 5.47. The summed E-state index contributed by atoms with van der Waals surface area (Å²) in [5, 5.41) is 6.19. The number of benzene rings is 3. The Bertz CT molecular complexity index is 1330. The number of anilines is 5. The molecule has 184 valence electrons. The Morgan fingerprint density at radius 3 is 2.39 bits per heavy atom. The Hall–Kier alpha value is -4.79. The van der Waals surface area contributed by atoms with Gasteiger partial charge in [0.15, 0.2) is 0 Å². The number of aryl methyl sites for hydroxylation is 1. The van der Waals surface area contributed by atoms with E-state index in [0.717, 1.165) is 11.1 Å². The second-order valence-corrected chi connectivity index (χ2v) is 8.02. The molecule has 0 fully saturated rings. The number of amides is 2. The van der Waals surface area contributed by atoms with Crippen LogP contribution in [0.4, 0.5) is 33.5 Å². The number of rotatable bonds is 8. The molecule has 4 rings (SSSR count). The standard InChI is InChI=1S/C27H28N6O3/c1-18-4-6-19(7-5-18)16-29-27(34)33(21-10-8-20(28)9-11-21)26-15-25(30-17-31-26)32-23-13-12-22(35-2)14-24(23)36-3/h4-15,17H,16,28H2,1-3H3,(H,29,34)(H,30,31,32). The van der Waals surface area contributed by atoms with Crippen LogP contribution in [-0.2, 0) is 6.54 Å². The Kier molecular flexibility index (Phi) is 7.50. The van der Waals surface area contributed by atoms with Gasteiger partial charge in [-0.2, -0.15) is 0 Å². The smallest absolute Gasteiger partial charge is 0.327 e. The number of hydrogen-bond acceptors (Lipinski definition) is 7. The number of methoxy groups -OCH3 is 2. The molecule has 4 N–H and O–H groups in total. The summed E-state index contributed by atoms with van der Waals surface area (Å²) in [6, 6.07) is 21.7. The van der Waals surface area contributed by atoms with Gasteiger partial charge in [-0.05, 0) is 48.9 Å². The second-order valence-electron chi connectivity index (χ2n) is 8.02. The maximum atomic E-state index is 13.4. The van der Waals surface area contributed by atoms with Crippen LogP contribution in [0, 0.1) is 6.92 Å². The van der Waals surface area contributed by atoms with E-state index in [0.29, 0.717) is 46.7 Å². The topological polar surface area (TPSA) is 115 Å². The average Bonchev–Trinajstić information content (AvgIpc) is 2.90. The molecular weight excluding hydrogens is 456 g/mol. The van der Waals surface area contributed by atoms with Crippen LogP contribution >= 0.6 is 0 Å². The summed E-state index contributed by atoms with van der Waals surface area (Å²) in [5.41, 5.74) is 9.90. The van der Waals surface area contributed by atoms with Crippen LogP contribution in [0.1, 0.15) is 11.1 Å². The zero-order chi connectivity index (χ0) is 25.5. The molecule has 9 nitrogen and oxygen atoms in total. The van der Waals surface area contributed by atoms with Crippen LogP contribution in [0.3, 0.4) is 0 Å². The SMILES string of the molecule is COc1ccc(Nc2cc(N(C(=O)NCc3ccc(C)cc3)c3ccc(N)cc3)ncn2)c(OC)c1. The first kappa shape index (κ1) is 24.3. The Morgan fingerprint density at radius 1 is 0.944 bits per heavy atom. The number of ether oxygens (including phenoxy) is 2. The molecule has 0 atom stereocenters. The van der Waals surface area contributed by atoms with Gasteiger partial charge in [0, 0.05) is 24.4 Å². The molecule has 0 saturated carbocycles. The summed E-state index contributed by atoms with van der Waals surface area (Å²) >= 11 is 0. The van der Waals surface area contributed by atoms with Crippen molar-refractivity contribution in [3.63, 3.8) is 0 Å². The monoisotopic (exact) mass is 484 g/mol. The minimum Gasteiger partial charge on any atom is -0.497 e. The van der Waals surface area contributed by atoms with Crippen LogP contribution in [0.5, 0.6) is 11.5 Å². The maximum Gasteiger partial charge on any atom is 0.327 e. The van der Waals surface area contributed by atoms with E-state index < -0.39 is 0 Å². The largest absolute Gasteiger partial charge is 0.497 e. The van der Waals surface area contributed by atoms with E-state index in [1.54, 1.807) is 50.6 Å². The summed E-state index contributed by atoms with van der Waals surface area (Å²) < 4.78 is 10.7. The van der Waals surface area contributed by atoms with Crippen molar-refractivity contribution in [3.05, 3.63) is 90.3 Å². The van der Waals surface area contributed by atoms with Crippen LogP contribution in [0.2, 0.25) is 0 Å². The molecule has 9 heteroatoms. The maximum absolute atomic E-state index is 13.4. The van der Waals surface area contributed by atoms with Gasteiger partial charge in [0.2, 0.25) is 0 Å². The Morgan fingerprint density at radius 2 is 1.69 bits per heavy atom. The van der Waals surface area contributed by atoms with Crippen LogP contribution in [-0.4, -0.2) is 30.2 Å². The first-order valence-corrected chi connectivity index (χ1v) is 11.3. The molecule has 2 amide bonds. The van der Waals surface area contributed by atoms with Crippen LogP contribution in [0.25, 0.3) is 0 Å². The lowest BCUT2D eigenvalue weighted by Gasteiger charge is -2.23. The second kappa shape index (κ2) is 11.1. The predicted octanol–water partition coefficient (Wildman–Crippen LogP) is 5.18. The fraction of sp³-hybridized carbons (Fsp3) is 0.148. The molecule has 36 heavy (non-hydrogen) atoms. The molecule has 4 aromatic rings. The molecule has 0 aliphatic heterocycles. The number of urea groups is 1. The Balaban J connectivity index is 1.62. The van der Waals surface area contributed by atoms with Gasteiger partial charge < -0.3 is 25.8 Å². The summed E-state index contributed by atoms with van der Waals surface area (Å²) in [6.45, 7) is 2.39. The number of aromatic nitrogens is 2. The van der Waals surface area contributed by atoms with E-state index in [1.807, 2.05) is 43.3 Å². The first-order chi connectivity index (χ1) is 17.5. The van der Waals surface area contributed by atoms with E-state index in [9.17, 15) is 4.79 Å². The molecule has 0 unspecified atom stereocenters. The molecule has 1 heterocycles. The number of carbonyl (C=O) groups is 1. The molecule has 0 aliphatic carbocycles. The third-order valence-electron chi connectivity index (χ3n) is 5.47. The lowest BCUT2D eigenvalue weighted by atomic mass is 10.1. The molecule has 0 saturated heterocycles. The zero-order valence-electron chi connectivity index (χ0n) is 20.4. The molecule has 0 bridgehead atoms. The molecule has 0 aliphatic rings. The van der Waals surface area contributed by atoms with Crippen molar-refractivity contribution < 1.29 is 14.3 Å². The highest BCUT2D eigenvalue weighted by Crippen LogP contribution is 2.32. The number of nitrogens with one attached hydrogen (secondary N) is 2. The summed E-state index contributed by atoms with van der Waals surface area (Å²) in [6.07, 6.45) is 1.39. The van der Waals surface area contributed by atoms with Crippen molar-refractivity contribution in [2.45, 2.75) is 13.5 Å². The van der Waals surface area contributed by atoms with Crippen molar-refractivity contribution in [2.24, 2.45) is 0 Å². The predicted molar refractivity (Wildman–Crippen MR) is 141 cm³/mol. The van der Waals surface area contributed by atoms with Gasteiger partial charge >= 0.3 is 6.03 Å². The van der Waals surface area contributed by atoms with Gasteiger partial charge in [-0.25, -0.2) is 19.7 Å². The van der Waals surface area contributed by atoms with Crippen molar-refractivity contribution in [1.82, 2.24) is 15.3 Å². The molecule has 0 spiro atoms. The lowest BCUT2D eigenvalue weighted by molar-refractivity contribution is 0.248. The average molecular weight is 485 g/mol. The van der Waals surface area contributed by atoms with E-state index >= 15 is 0 Å². The van der Waals surface area contributed by atoms with E-state index in [4.69, 9.17) is 15.2 Å². The van der Waals surface area contributed by atoms with E-state index in [2.05, 4.69) is 20.6 Å². The highest BCUT2D eigenvalue weighted by molar-refractivity contribution is 5.98. The van der Waals surface area contributed by atoms with Crippen molar-refractivity contribution in [3.8, 4) is 11.5 Å². The molecular formula is C27H28N6O3. The van der Waals surface area contributed by atoms with E-state index in [-0.39, 0.29) is 6.03 Å². The van der Waals surface area contributed by atoms with Gasteiger partial charge in [0.25, 0.3) is 0 Å². The van der Waals surface area contributed by atoms with Gasteiger partial charge in [-0.15, -0.1) is 0 Å². The van der Waals surface area contributed by atoms with Crippen LogP contribution < -0.4 is 30.7 Å². The zero-order valence-corrected chi connectivity index (χ0v) is 20.4. The number of nitrogens with zero attached hydrogens (tertiary/aromatic N) is 3. The highest BCUT2D eigenvalue weighted by atomic mass is 16.5. The number of nitrogen functional groups attached to an aromatic ring is 1. The molecule has 1 aromatic heterocycles. The van der Waals surface area contributed by atoms with Crippen molar-refractivity contribution in [2.75, 3.05) is 30.2 Å². The lowest BCUT2D eigenvalue weighted by Crippen LogP contribution is -2.37. The van der Waals surface area contributed by atoms with Crippen molar-refractivity contribution >= 4 is 34.7 Å².